The highest BCUT2D eigenvalue weighted by molar-refractivity contribution is 7.12. The topological polar surface area (TPSA) is 26.0 Å². The highest BCUT2D eigenvalue weighted by Gasteiger charge is 2.17. The van der Waals surface area contributed by atoms with Gasteiger partial charge in [0.15, 0.2) is 0 Å². The quantitative estimate of drug-likeness (QED) is 0.845. The van der Waals surface area contributed by atoms with Crippen molar-refractivity contribution in [1.29, 1.82) is 0 Å². The summed E-state index contributed by atoms with van der Waals surface area (Å²) in [5.74, 6) is 0.594. The average Bonchev–Trinajstić information content (AvgIpc) is 2.92. The average molecular weight is 299 g/mol. The molecule has 1 nitrogen and oxygen atoms in total. The summed E-state index contributed by atoms with van der Waals surface area (Å²) < 4.78 is 0. The summed E-state index contributed by atoms with van der Waals surface area (Å²) in [7, 11) is 0. The fourth-order valence-electron chi connectivity index (χ4n) is 3.09. The Morgan fingerprint density at radius 1 is 1.10 bits per heavy atom. The van der Waals surface area contributed by atoms with Crippen LogP contribution < -0.4 is 5.73 Å². The molecular weight excluding hydrogens is 274 g/mol. The van der Waals surface area contributed by atoms with Gasteiger partial charge >= 0.3 is 0 Å². The van der Waals surface area contributed by atoms with E-state index in [2.05, 4.69) is 44.2 Å². The molecule has 3 rings (SSSR count). The van der Waals surface area contributed by atoms with Gasteiger partial charge in [0.05, 0.1) is 0 Å². The Labute approximate surface area is 132 Å². The van der Waals surface area contributed by atoms with Crippen LogP contribution in [0.1, 0.15) is 65.1 Å². The van der Waals surface area contributed by atoms with Crippen molar-refractivity contribution in [1.82, 2.24) is 0 Å². The van der Waals surface area contributed by atoms with Crippen LogP contribution in [-0.2, 0) is 19.3 Å². The predicted octanol–water partition coefficient (Wildman–Crippen LogP) is 4.99. The number of thiophene rings is 1. The van der Waals surface area contributed by atoms with Gasteiger partial charge in [0, 0.05) is 15.8 Å². The van der Waals surface area contributed by atoms with Gasteiger partial charge in [-0.2, -0.15) is 0 Å². The number of aryl methyl sites for hydroxylation is 2. The summed E-state index contributed by atoms with van der Waals surface area (Å²) in [5, 5.41) is 0. The molecule has 1 aromatic heterocycles. The summed E-state index contributed by atoms with van der Waals surface area (Å²) in [6.45, 7) is 4.47. The van der Waals surface area contributed by atoms with Gasteiger partial charge in [0.25, 0.3) is 0 Å². The standard InChI is InChI=1S/C19H25NS/c1-13(2)15-9-7-14(8-10-15)11-17(20)19-12-16-5-3-4-6-18(16)21-19/h7-10,12-13,17H,3-6,11,20H2,1-2H3. The van der Waals surface area contributed by atoms with Crippen LogP contribution in [0.25, 0.3) is 0 Å². The van der Waals surface area contributed by atoms with Gasteiger partial charge in [0.2, 0.25) is 0 Å². The number of rotatable bonds is 4. The zero-order valence-corrected chi connectivity index (χ0v) is 13.9. The Morgan fingerprint density at radius 2 is 1.81 bits per heavy atom. The van der Waals surface area contributed by atoms with Crippen LogP contribution in [0.3, 0.4) is 0 Å². The highest BCUT2D eigenvalue weighted by atomic mass is 32.1. The summed E-state index contributed by atoms with van der Waals surface area (Å²) in [5.41, 5.74) is 10.8. The molecule has 112 valence electrons. The van der Waals surface area contributed by atoms with Gasteiger partial charge in [-0.25, -0.2) is 0 Å². The molecule has 0 spiro atoms. The molecule has 1 aromatic carbocycles. The van der Waals surface area contributed by atoms with E-state index in [4.69, 9.17) is 5.73 Å². The zero-order valence-electron chi connectivity index (χ0n) is 13.1. The van der Waals surface area contributed by atoms with Gasteiger partial charge in [0.1, 0.15) is 0 Å². The molecule has 2 N–H and O–H groups in total. The van der Waals surface area contributed by atoms with Crippen molar-refractivity contribution in [2.24, 2.45) is 5.73 Å². The third-order valence-electron chi connectivity index (χ3n) is 4.48. The molecule has 0 amide bonds. The van der Waals surface area contributed by atoms with Crippen molar-refractivity contribution in [2.75, 3.05) is 0 Å². The molecule has 1 atom stereocenters. The van der Waals surface area contributed by atoms with Crippen LogP contribution >= 0.6 is 11.3 Å². The second-order valence-corrected chi connectivity index (χ2v) is 7.68. The first-order chi connectivity index (χ1) is 10.1. The maximum absolute atomic E-state index is 6.45. The smallest absolute Gasteiger partial charge is 0.0430 e. The number of hydrogen-bond acceptors (Lipinski definition) is 2. The van der Waals surface area contributed by atoms with Crippen molar-refractivity contribution in [3.8, 4) is 0 Å². The molecule has 0 saturated heterocycles. The first-order valence-corrected chi connectivity index (χ1v) is 8.91. The third kappa shape index (κ3) is 3.38. The van der Waals surface area contributed by atoms with E-state index in [9.17, 15) is 0 Å². The van der Waals surface area contributed by atoms with Crippen LogP contribution in [0.2, 0.25) is 0 Å². The minimum absolute atomic E-state index is 0.144. The molecule has 1 unspecified atom stereocenters. The second kappa shape index (κ2) is 6.33. The molecule has 0 saturated carbocycles. The maximum Gasteiger partial charge on any atom is 0.0430 e. The lowest BCUT2D eigenvalue weighted by atomic mass is 9.97. The summed E-state index contributed by atoms with van der Waals surface area (Å²) >= 11 is 1.95. The maximum atomic E-state index is 6.45. The van der Waals surface area contributed by atoms with Gasteiger partial charge in [-0.15, -0.1) is 11.3 Å². The molecule has 1 aliphatic carbocycles. The van der Waals surface area contributed by atoms with Crippen LogP contribution in [0, 0.1) is 0 Å². The van der Waals surface area contributed by atoms with E-state index in [0.717, 1.165) is 6.42 Å². The molecule has 0 radical (unpaired) electrons. The molecule has 1 aliphatic rings. The largest absolute Gasteiger partial charge is 0.323 e. The lowest BCUT2D eigenvalue weighted by Crippen LogP contribution is -2.11. The number of benzene rings is 1. The second-order valence-electron chi connectivity index (χ2n) is 6.51. The van der Waals surface area contributed by atoms with E-state index in [-0.39, 0.29) is 6.04 Å². The summed E-state index contributed by atoms with van der Waals surface area (Å²) in [6.07, 6.45) is 6.14. The first kappa shape index (κ1) is 14.8. The van der Waals surface area contributed by atoms with Gasteiger partial charge in [-0.05, 0) is 60.8 Å². The number of fused-ring (bicyclic) bond motifs is 1. The molecule has 21 heavy (non-hydrogen) atoms. The lowest BCUT2D eigenvalue weighted by Gasteiger charge is -2.11. The van der Waals surface area contributed by atoms with Gasteiger partial charge in [-0.1, -0.05) is 38.1 Å². The van der Waals surface area contributed by atoms with E-state index in [1.807, 2.05) is 11.3 Å². The monoisotopic (exact) mass is 299 g/mol. The summed E-state index contributed by atoms with van der Waals surface area (Å²) in [4.78, 5) is 2.96. The predicted molar refractivity (Wildman–Crippen MR) is 92.1 cm³/mol. The first-order valence-electron chi connectivity index (χ1n) is 8.09. The van der Waals surface area contributed by atoms with Crippen LogP contribution in [-0.4, -0.2) is 0 Å². The Hall–Kier alpha value is -1.12. The Balaban J connectivity index is 1.70. The Kier molecular flexibility index (Phi) is 4.46. The van der Waals surface area contributed by atoms with Crippen molar-refractivity contribution < 1.29 is 0 Å². The van der Waals surface area contributed by atoms with E-state index in [0.29, 0.717) is 5.92 Å². The number of hydrogen-bond donors (Lipinski definition) is 1. The normalized spacial score (nSPS) is 16.0. The Bertz CT molecular complexity index is 571. The van der Waals surface area contributed by atoms with Crippen molar-refractivity contribution in [2.45, 2.75) is 57.9 Å². The molecule has 0 bridgehead atoms. The van der Waals surface area contributed by atoms with Crippen molar-refractivity contribution in [3.05, 3.63) is 56.8 Å². The van der Waals surface area contributed by atoms with Crippen LogP contribution in [0.15, 0.2) is 30.3 Å². The van der Waals surface area contributed by atoms with Crippen LogP contribution in [0.4, 0.5) is 0 Å². The molecule has 0 aliphatic heterocycles. The van der Waals surface area contributed by atoms with E-state index in [1.165, 1.54) is 41.7 Å². The third-order valence-corrected chi connectivity index (χ3v) is 5.85. The minimum Gasteiger partial charge on any atom is -0.323 e. The number of nitrogens with two attached hydrogens (primary N) is 1. The van der Waals surface area contributed by atoms with E-state index >= 15 is 0 Å². The minimum atomic E-state index is 0.144. The molecule has 0 fully saturated rings. The van der Waals surface area contributed by atoms with Crippen molar-refractivity contribution >= 4 is 11.3 Å². The van der Waals surface area contributed by atoms with Gasteiger partial charge in [-0.3, -0.25) is 0 Å². The van der Waals surface area contributed by atoms with Gasteiger partial charge < -0.3 is 5.73 Å². The molecular formula is C19H25NS. The van der Waals surface area contributed by atoms with Crippen molar-refractivity contribution in [3.63, 3.8) is 0 Å². The summed E-state index contributed by atoms with van der Waals surface area (Å²) in [6, 6.07) is 11.5. The van der Waals surface area contributed by atoms with E-state index < -0.39 is 0 Å². The highest BCUT2D eigenvalue weighted by Crippen LogP contribution is 2.33. The molecule has 1 heterocycles. The molecule has 2 heteroatoms. The fourth-order valence-corrected chi connectivity index (χ4v) is 4.35. The SMILES string of the molecule is CC(C)c1ccc(CC(N)c2cc3c(s2)CCCC3)cc1. The fraction of sp³-hybridized carbons (Fsp3) is 0.474. The van der Waals surface area contributed by atoms with Crippen LogP contribution in [0.5, 0.6) is 0 Å². The van der Waals surface area contributed by atoms with E-state index in [1.54, 1.807) is 10.4 Å². The molecule has 2 aromatic rings. The lowest BCUT2D eigenvalue weighted by molar-refractivity contribution is 0.695. The zero-order chi connectivity index (χ0) is 14.8. The Morgan fingerprint density at radius 3 is 2.48 bits per heavy atom.